The lowest BCUT2D eigenvalue weighted by atomic mass is 9.85. The van der Waals surface area contributed by atoms with Crippen LogP contribution in [0.25, 0.3) is 0 Å². The number of ketones is 1. The van der Waals surface area contributed by atoms with Crippen molar-refractivity contribution in [3.63, 3.8) is 0 Å². The van der Waals surface area contributed by atoms with Crippen molar-refractivity contribution < 1.29 is 4.79 Å². The fourth-order valence-corrected chi connectivity index (χ4v) is 4.13. The van der Waals surface area contributed by atoms with Gasteiger partial charge >= 0.3 is 0 Å². The first-order chi connectivity index (χ1) is 12.2. The van der Waals surface area contributed by atoms with Gasteiger partial charge in [-0.25, -0.2) is 4.68 Å². The van der Waals surface area contributed by atoms with E-state index in [9.17, 15) is 4.79 Å². The third kappa shape index (κ3) is 2.88. The minimum absolute atomic E-state index is 0.177. The number of aromatic nitrogens is 3. The van der Waals surface area contributed by atoms with Crippen molar-refractivity contribution >= 4 is 23.5 Å². The van der Waals surface area contributed by atoms with Gasteiger partial charge in [-0.15, -0.1) is 5.10 Å². The van der Waals surface area contributed by atoms with Crippen molar-refractivity contribution in [2.24, 2.45) is 0 Å². The van der Waals surface area contributed by atoms with Crippen molar-refractivity contribution in [2.75, 3.05) is 11.1 Å². The molecule has 5 nitrogen and oxygen atoms in total. The zero-order valence-corrected chi connectivity index (χ0v) is 15.4. The van der Waals surface area contributed by atoms with E-state index in [0.29, 0.717) is 6.42 Å². The predicted molar refractivity (Wildman–Crippen MR) is 99.9 cm³/mol. The van der Waals surface area contributed by atoms with Crippen LogP contribution in [0.3, 0.4) is 0 Å². The van der Waals surface area contributed by atoms with Crippen LogP contribution in [0.5, 0.6) is 0 Å². The number of nitrogens with one attached hydrogen (secondary N) is 1. The number of nitrogens with zero attached hydrogens (tertiary/aromatic N) is 3. The number of hydrogen-bond acceptors (Lipinski definition) is 5. The third-order valence-electron chi connectivity index (χ3n) is 4.83. The number of Topliss-reactive ketones (excluding diaryl/α,β-unsaturated/α-hetero) is 1. The highest BCUT2D eigenvalue weighted by Gasteiger charge is 2.36. The molecule has 2 aliphatic rings. The number of carbonyl (C=O) groups excluding carboxylic acids is 1. The lowest BCUT2D eigenvalue weighted by Gasteiger charge is -2.32. The maximum Gasteiger partial charge on any atom is 0.227 e. The fourth-order valence-electron chi connectivity index (χ4n) is 3.57. The summed E-state index contributed by atoms with van der Waals surface area (Å²) in [6, 6.07) is 8.36. The van der Waals surface area contributed by atoms with Gasteiger partial charge in [0.1, 0.15) is 6.04 Å². The number of hydrogen-bond donors (Lipinski definition) is 1. The molecule has 0 fully saturated rings. The van der Waals surface area contributed by atoms with Gasteiger partial charge < -0.3 is 5.32 Å². The van der Waals surface area contributed by atoms with Crippen LogP contribution in [-0.2, 0) is 11.2 Å². The standard InChI is InChI=1S/C19H22N4OS/c1-3-12-8-10-13(11-9-12)17-16-14(6-5-7-15(16)24)20-18-21-19(25-4-2)22-23(17)18/h8-11,17H,3-7H2,1-2H3,(H,20,21,22)/t17-/m1/s1. The fraction of sp³-hybridized carbons (Fsp3) is 0.421. The molecule has 0 amide bonds. The van der Waals surface area contributed by atoms with Crippen molar-refractivity contribution in [3.8, 4) is 0 Å². The second kappa shape index (κ2) is 6.67. The van der Waals surface area contributed by atoms with E-state index in [0.717, 1.165) is 53.0 Å². The molecule has 1 aromatic heterocycles. The smallest absolute Gasteiger partial charge is 0.227 e. The molecule has 1 atom stereocenters. The number of rotatable bonds is 4. The summed E-state index contributed by atoms with van der Waals surface area (Å²) < 4.78 is 1.89. The first-order valence-corrected chi connectivity index (χ1v) is 9.91. The van der Waals surface area contributed by atoms with Crippen LogP contribution < -0.4 is 5.32 Å². The number of benzene rings is 1. The van der Waals surface area contributed by atoms with E-state index in [1.54, 1.807) is 11.8 Å². The lowest BCUT2D eigenvalue weighted by Crippen LogP contribution is -2.31. The first-order valence-electron chi connectivity index (χ1n) is 8.92. The second-order valence-corrected chi connectivity index (χ2v) is 7.62. The molecule has 1 N–H and O–H groups in total. The number of fused-ring (bicyclic) bond motifs is 1. The quantitative estimate of drug-likeness (QED) is 0.842. The van der Waals surface area contributed by atoms with E-state index in [2.05, 4.69) is 53.5 Å². The first kappa shape index (κ1) is 16.4. The molecule has 4 rings (SSSR count). The second-order valence-electron chi connectivity index (χ2n) is 6.39. The number of carbonyl (C=O) groups is 1. The zero-order valence-electron chi connectivity index (χ0n) is 14.6. The average molecular weight is 354 g/mol. The van der Waals surface area contributed by atoms with Crippen molar-refractivity contribution in [1.29, 1.82) is 0 Å². The lowest BCUT2D eigenvalue weighted by molar-refractivity contribution is -0.116. The number of anilines is 1. The van der Waals surface area contributed by atoms with Gasteiger partial charge in [0.05, 0.1) is 0 Å². The Morgan fingerprint density at radius 1 is 1.24 bits per heavy atom. The van der Waals surface area contributed by atoms with E-state index >= 15 is 0 Å². The largest absolute Gasteiger partial charge is 0.328 e. The Labute approximate surface area is 151 Å². The topological polar surface area (TPSA) is 59.8 Å². The molecule has 0 saturated heterocycles. The molecular weight excluding hydrogens is 332 g/mol. The summed E-state index contributed by atoms with van der Waals surface area (Å²) in [4.78, 5) is 17.3. The summed E-state index contributed by atoms with van der Waals surface area (Å²) in [5.41, 5.74) is 4.28. The SMILES string of the molecule is CCSc1nc2n(n1)[C@H](c1ccc(CC)cc1)C1=C(CCCC1=O)N2. The molecule has 2 heterocycles. The normalized spacial score (nSPS) is 19.4. The monoisotopic (exact) mass is 354 g/mol. The summed E-state index contributed by atoms with van der Waals surface area (Å²) in [5, 5.41) is 8.81. The molecule has 0 bridgehead atoms. The number of allylic oxidation sites excluding steroid dienone is 2. The van der Waals surface area contributed by atoms with Gasteiger partial charge in [0.2, 0.25) is 11.1 Å². The number of aryl methyl sites for hydroxylation is 1. The van der Waals surface area contributed by atoms with Crippen LogP contribution in [0.15, 0.2) is 40.7 Å². The molecule has 1 aliphatic heterocycles. The van der Waals surface area contributed by atoms with E-state index in [1.807, 2.05) is 4.68 Å². The predicted octanol–water partition coefficient (Wildman–Crippen LogP) is 3.97. The van der Waals surface area contributed by atoms with Crippen molar-refractivity contribution in [3.05, 3.63) is 46.7 Å². The molecule has 0 saturated carbocycles. The van der Waals surface area contributed by atoms with Gasteiger partial charge in [-0.3, -0.25) is 4.79 Å². The minimum atomic E-state index is -0.177. The van der Waals surface area contributed by atoms with Crippen LogP contribution in [0, 0.1) is 0 Å². The van der Waals surface area contributed by atoms with E-state index < -0.39 is 0 Å². The van der Waals surface area contributed by atoms with Gasteiger partial charge in [0.25, 0.3) is 0 Å². The molecule has 6 heteroatoms. The Kier molecular flexibility index (Phi) is 4.37. The Balaban J connectivity index is 1.84. The maximum absolute atomic E-state index is 12.7. The van der Waals surface area contributed by atoms with Gasteiger partial charge in [0, 0.05) is 17.7 Å². The highest BCUT2D eigenvalue weighted by atomic mass is 32.2. The Bertz CT molecular complexity index is 838. The molecular formula is C19H22N4OS. The highest BCUT2D eigenvalue weighted by Crippen LogP contribution is 2.40. The number of thioether (sulfide) groups is 1. The average Bonchev–Trinajstić information content (AvgIpc) is 3.02. The molecule has 2 aromatic rings. The van der Waals surface area contributed by atoms with Crippen molar-refractivity contribution in [2.45, 2.75) is 50.7 Å². The van der Waals surface area contributed by atoms with Gasteiger partial charge in [-0.05, 0) is 36.1 Å². The summed E-state index contributed by atoms with van der Waals surface area (Å²) in [7, 11) is 0. The Morgan fingerprint density at radius 3 is 2.76 bits per heavy atom. The molecule has 0 unspecified atom stereocenters. The molecule has 25 heavy (non-hydrogen) atoms. The Hall–Kier alpha value is -2.08. The highest BCUT2D eigenvalue weighted by molar-refractivity contribution is 7.99. The Morgan fingerprint density at radius 2 is 2.04 bits per heavy atom. The maximum atomic E-state index is 12.7. The minimum Gasteiger partial charge on any atom is -0.328 e. The molecule has 130 valence electrons. The van der Waals surface area contributed by atoms with E-state index in [-0.39, 0.29) is 11.8 Å². The van der Waals surface area contributed by atoms with Crippen molar-refractivity contribution in [1.82, 2.24) is 14.8 Å². The summed E-state index contributed by atoms with van der Waals surface area (Å²) >= 11 is 1.62. The molecule has 1 aliphatic carbocycles. The van der Waals surface area contributed by atoms with Crippen LogP contribution in [0.1, 0.15) is 50.3 Å². The molecule has 0 spiro atoms. The van der Waals surface area contributed by atoms with E-state index in [4.69, 9.17) is 0 Å². The zero-order chi connectivity index (χ0) is 17.4. The summed E-state index contributed by atoms with van der Waals surface area (Å²) in [6.45, 7) is 4.24. The molecule has 1 aromatic carbocycles. The van der Waals surface area contributed by atoms with E-state index in [1.165, 1.54) is 5.56 Å². The molecule has 0 radical (unpaired) electrons. The third-order valence-corrected chi connectivity index (χ3v) is 5.55. The summed E-state index contributed by atoms with van der Waals surface area (Å²) in [6.07, 6.45) is 3.42. The van der Waals surface area contributed by atoms with Crippen LogP contribution >= 0.6 is 11.8 Å². The van der Waals surface area contributed by atoms with Gasteiger partial charge in [-0.2, -0.15) is 4.98 Å². The van der Waals surface area contributed by atoms with Crippen LogP contribution in [-0.4, -0.2) is 26.3 Å². The summed E-state index contributed by atoms with van der Waals surface area (Å²) in [5.74, 6) is 1.89. The van der Waals surface area contributed by atoms with Gasteiger partial charge in [-0.1, -0.05) is 49.9 Å². The van der Waals surface area contributed by atoms with Gasteiger partial charge in [0.15, 0.2) is 5.78 Å². The van der Waals surface area contributed by atoms with Crippen LogP contribution in [0.4, 0.5) is 5.95 Å². The van der Waals surface area contributed by atoms with Crippen LogP contribution in [0.2, 0.25) is 0 Å².